The normalized spacial score (nSPS) is 10.8. The maximum absolute atomic E-state index is 5.50. The van der Waals surface area contributed by atoms with Crippen LogP contribution in [0.15, 0.2) is 6.20 Å². The maximum Gasteiger partial charge on any atom is 0.0638 e. The maximum atomic E-state index is 5.50. The highest BCUT2D eigenvalue weighted by Crippen LogP contribution is 2.05. The van der Waals surface area contributed by atoms with E-state index < -0.39 is 0 Å². The van der Waals surface area contributed by atoms with Gasteiger partial charge < -0.3 is 10.1 Å². The molecular formula is C14H28ClN3O. The van der Waals surface area contributed by atoms with Crippen LogP contribution in [-0.4, -0.2) is 29.0 Å². The van der Waals surface area contributed by atoms with Crippen molar-refractivity contribution in [3.05, 3.63) is 17.5 Å². The molecule has 0 fully saturated rings. The molecule has 0 aliphatic rings. The van der Waals surface area contributed by atoms with Gasteiger partial charge in [-0.2, -0.15) is 5.10 Å². The van der Waals surface area contributed by atoms with Gasteiger partial charge in [0.05, 0.1) is 11.8 Å². The van der Waals surface area contributed by atoms with Crippen LogP contribution in [0.4, 0.5) is 0 Å². The number of aryl methyl sites for hydroxylation is 2. The van der Waals surface area contributed by atoms with Crippen molar-refractivity contribution >= 4 is 12.4 Å². The van der Waals surface area contributed by atoms with E-state index in [0.29, 0.717) is 6.10 Å². The molecule has 0 aliphatic carbocycles. The highest BCUT2D eigenvalue weighted by Gasteiger charge is 2.03. The third kappa shape index (κ3) is 7.55. The summed E-state index contributed by atoms with van der Waals surface area (Å²) in [5.41, 5.74) is 2.43. The minimum atomic E-state index is 0. The van der Waals surface area contributed by atoms with Crippen LogP contribution in [0.25, 0.3) is 0 Å². The van der Waals surface area contributed by atoms with Crippen molar-refractivity contribution in [2.45, 2.75) is 59.7 Å². The quantitative estimate of drug-likeness (QED) is 0.711. The predicted octanol–water partition coefficient (Wildman–Crippen LogP) is 2.93. The van der Waals surface area contributed by atoms with E-state index in [-0.39, 0.29) is 12.4 Å². The fourth-order valence-corrected chi connectivity index (χ4v) is 1.82. The Bertz CT molecular complexity index is 339. The van der Waals surface area contributed by atoms with Crippen LogP contribution in [0, 0.1) is 6.92 Å². The molecule has 0 spiro atoms. The largest absolute Gasteiger partial charge is 0.379 e. The molecule has 0 atom stereocenters. The van der Waals surface area contributed by atoms with E-state index in [1.807, 2.05) is 4.68 Å². The molecule has 5 heteroatoms. The van der Waals surface area contributed by atoms with Gasteiger partial charge in [0.1, 0.15) is 0 Å². The molecule has 0 saturated heterocycles. The molecule has 0 unspecified atom stereocenters. The Morgan fingerprint density at radius 3 is 2.79 bits per heavy atom. The van der Waals surface area contributed by atoms with E-state index >= 15 is 0 Å². The first-order chi connectivity index (χ1) is 8.63. The molecule has 0 saturated carbocycles. The Kier molecular flexibility index (Phi) is 9.92. The number of nitrogens with one attached hydrogen (secondary N) is 1. The SMILES string of the molecule is CCCn1cc(CNCCCOC(C)C)c(C)n1.Cl. The smallest absolute Gasteiger partial charge is 0.0638 e. The summed E-state index contributed by atoms with van der Waals surface area (Å²) < 4.78 is 7.53. The lowest BCUT2D eigenvalue weighted by Gasteiger charge is -2.07. The third-order valence-corrected chi connectivity index (χ3v) is 2.77. The lowest BCUT2D eigenvalue weighted by atomic mass is 10.2. The van der Waals surface area contributed by atoms with E-state index in [1.165, 1.54) is 5.56 Å². The molecular weight excluding hydrogens is 262 g/mol. The summed E-state index contributed by atoms with van der Waals surface area (Å²) in [5.74, 6) is 0. The summed E-state index contributed by atoms with van der Waals surface area (Å²) in [7, 11) is 0. The highest BCUT2D eigenvalue weighted by molar-refractivity contribution is 5.85. The number of rotatable bonds is 9. The van der Waals surface area contributed by atoms with Crippen LogP contribution in [0.2, 0.25) is 0 Å². The number of aromatic nitrogens is 2. The lowest BCUT2D eigenvalue weighted by Crippen LogP contribution is -2.17. The second-order valence-corrected chi connectivity index (χ2v) is 4.95. The Labute approximate surface area is 123 Å². The van der Waals surface area contributed by atoms with Gasteiger partial charge in [-0.05, 0) is 40.2 Å². The first kappa shape index (κ1) is 18.4. The van der Waals surface area contributed by atoms with Crippen molar-refractivity contribution in [2.24, 2.45) is 0 Å². The molecule has 1 N–H and O–H groups in total. The monoisotopic (exact) mass is 289 g/mol. The van der Waals surface area contributed by atoms with Crippen LogP contribution < -0.4 is 5.32 Å². The summed E-state index contributed by atoms with van der Waals surface area (Å²) in [4.78, 5) is 0. The molecule has 0 amide bonds. The van der Waals surface area contributed by atoms with E-state index in [9.17, 15) is 0 Å². The standard InChI is InChI=1S/C14H27N3O.ClH/c1-5-8-17-11-14(13(4)16-17)10-15-7-6-9-18-12(2)3;/h11-12,15H,5-10H2,1-4H3;1H. The van der Waals surface area contributed by atoms with Gasteiger partial charge in [-0.3, -0.25) is 4.68 Å². The average molecular weight is 290 g/mol. The highest BCUT2D eigenvalue weighted by atomic mass is 35.5. The third-order valence-electron chi connectivity index (χ3n) is 2.77. The summed E-state index contributed by atoms with van der Waals surface area (Å²) in [6, 6.07) is 0. The predicted molar refractivity (Wildman–Crippen MR) is 81.9 cm³/mol. The van der Waals surface area contributed by atoms with Crippen molar-refractivity contribution < 1.29 is 4.74 Å². The van der Waals surface area contributed by atoms with Crippen molar-refractivity contribution in [2.75, 3.05) is 13.2 Å². The van der Waals surface area contributed by atoms with Gasteiger partial charge in [-0.1, -0.05) is 6.92 Å². The molecule has 4 nitrogen and oxygen atoms in total. The van der Waals surface area contributed by atoms with Crippen LogP contribution in [0.5, 0.6) is 0 Å². The molecule has 19 heavy (non-hydrogen) atoms. The zero-order valence-corrected chi connectivity index (χ0v) is 13.4. The molecule has 1 aromatic rings. The van der Waals surface area contributed by atoms with Gasteiger partial charge in [0, 0.05) is 31.5 Å². The Morgan fingerprint density at radius 1 is 1.42 bits per heavy atom. The molecule has 1 aromatic heterocycles. The molecule has 0 aromatic carbocycles. The topological polar surface area (TPSA) is 39.1 Å². The second kappa shape index (κ2) is 10.2. The first-order valence-electron chi connectivity index (χ1n) is 6.98. The number of hydrogen-bond donors (Lipinski definition) is 1. The summed E-state index contributed by atoms with van der Waals surface area (Å²) in [5, 5.41) is 7.93. The van der Waals surface area contributed by atoms with Gasteiger partial charge in [0.2, 0.25) is 0 Å². The van der Waals surface area contributed by atoms with E-state index in [4.69, 9.17) is 4.74 Å². The van der Waals surface area contributed by atoms with Crippen LogP contribution >= 0.6 is 12.4 Å². The van der Waals surface area contributed by atoms with Gasteiger partial charge >= 0.3 is 0 Å². The Morgan fingerprint density at radius 2 is 2.16 bits per heavy atom. The summed E-state index contributed by atoms with van der Waals surface area (Å²) in [6.45, 7) is 12.1. The van der Waals surface area contributed by atoms with Crippen molar-refractivity contribution in [3.8, 4) is 0 Å². The summed E-state index contributed by atoms with van der Waals surface area (Å²) >= 11 is 0. The first-order valence-corrected chi connectivity index (χ1v) is 6.98. The number of halogens is 1. The fraction of sp³-hybridized carbons (Fsp3) is 0.786. The van der Waals surface area contributed by atoms with Crippen molar-refractivity contribution in [1.82, 2.24) is 15.1 Å². The Hall–Kier alpha value is -0.580. The summed E-state index contributed by atoms with van der Waals surface area (Å²) in [6.07, 6.45) is 4.66. The van der Waals surface area contributed by atoms with Gasteiger partial charge in [-0.15, -0.1) is 12.4 Å². The molecule has 1 heterocycles. The number of ether oxygens (including phenoxy) is 1. The van der Waals surface area contributed by atoms with Crippen molar-refractivity contribution in [3.63, 3.8) is 0 Å². The number of nitrogens with zero attached hydrogens (tertiary/aromatic N) is 2. The molecule has 0 bridgehead atoms. The van der Waals surface area contributed by atoms with Crippen molar-refractivity contribution in [1.29, 1.82) is 0 Å². The van der Waals surface area contributed by atoms with Gasteiger partial charge in [0.25, 0.3) is 0 Å². The van der Waals surface area contributed by atoms with E-state index in [0.717, 1.165) is 44.8 Å². The molecule has 0 aliphatic heterocycles. The zero-order chi connectivity index (χ0) is 13.4. The Balaban J connectivity index is 0.00000324. The lowest BCUT2D eigenvalue weighted by molar-refractivity contribution is 0.0770. The minimum absolute atomic E-state index is 0. The van der Waals surface area contributed by atoms with Gasteiger partial charge in [0.15, 0.2) is 0 Å². The van der Waals surface area contributed by atoms with Crippen LogP contribution in [-0.2, 0) is 17.8 Å². The average Bonchev–Trinajstić information content (AvgIpc) is 2.64. The molecule has 1 rings (SSSR count). The fourth-order valence-electron chi connectivity index (χ4n) is 1.82. The van der Waals surface area contributed by atoms with Gasteiger partial charge in [-0.25, -0.2) is 0 Å². The zero-order valence-electron chi connectivity index (χ0n) is 12.6. The second-order valence-electron chi connectivity index (χ2n) is 4.95. The molecule has 112 valence electrons. The van der Waals surface area contributed by atoms with E-state index in [1.54, 1.807) is 0 Å². The minimum Gasteiger partial charge on any atom is -0.379 e. The van der Waals surface area contributed by atoms with E-state index in [2.05, 4.69) is 44.3 Å². The molecule has 0 radical (unpaired) electrons. The van der Waals surface area contributed by atoms with Crippen LogP contribution in [0.3, 0.4) is 0 Å². The number of hydrogen-bond acceptors (Lipinski definition) is 3. The van der Waals surface area contributed by atoms with Crippen LogP contribution in [0.1, 0.15) is 44.9 Å².